The fraction of sp³-hybridized carbons (Fsp3) is 0.462. The minimum absolute atomic E-state index is 0.102. The number of aliphatic hydroxyl groups is 1. The minimum Gasteiger partial charge on any atom is -0.496 e. The van der Waals surface area contributed by atoms with Crippen molar-refractivity contribution in [1.82, 2.24) is 4.90 Å². The number of hydrogen-bond donors (Lipinski definition) is 1. The van der Waals surface area contributed by atoms with Crippen LogP contribution in [0.2, 0.25) is 0 Å². The molecule has 1 rings (SSSR count). The van der Waals surface area contributed by atoms with Crippen molar-refractivity contribution >= 4 is 5.78 Å². The van der Waals surface area contributed by atoms with E-state index >= 15 is 0 Å². The molecule has 0 radical (unpaired) electrons. The molecule has 4 nitrogen and oxygen atoms in total. The second kappa shape index (κ2) is 6.47. The molecule has 0 fully saturated rings. The van der Waals surface area contributed by atoms with Crippen LogP contribution in [0.25, 0.3) is 0 Å². The normalized spacial score (nSPS) is 12.6. The number of ketones is 1. The largest absolute Gasteiger partial charge is 0.496 e. The molecule has 1 atom stereocenters. The lowest BCUT2D eigenvalue weighted by atomic mass is 10.1. The van der Waals surface area contributed by atoms with Crippen LogP contribution in [0.1, 0.15) is 17.3 Å². The smallest absolute Gasteiger partial charge is 0.180 e. The first-order valence-corrected chi connectivity index (χ1v) is 5.67. The van der Waals surface area contributed by atoms with Gasteiger partial charge in [0.25, 0.3) is 0 Å². The number of rotatable bonds is 6. The summed E-state index contributed by atoms with van der Waals surface area (Å²) in [5, 5.41) is 9.21. The van der Waals surface area contributed by atoms with Gasteiger partial charge in [-0.25, -0.2) is 4.39 Å². The molecule has 1 aromatic rings. The maximum atomic E-state index is 13.1. The summed E-state index contributed by atoms with van der Waals surface area (Å²) in [6.07, 6.45) is -0.516. The molecular weight excluding hydrogens is 237 g/mol. The van der Waals surface area contributed by atoms with Crippen molar-refractivity contribution in [2.45, 2.75) is 13.0 Å². The Morgan fingerprint density at radius 1 is 1.56 bits per heavy atom. The summed E-state index contributed by atoms with van der Waals surface area (Å²) in [6.45, 7) is 2.12. The number of aliphatic hydroxyl groups excluding tert-OH is 1. The lowest BCUT2D eigenvalue weighted by Crippen LogP contribution is -2.32. The van der Waals surface area contributed by atoms with Gasteiger partial charge in [-0.2, -0.15) is 0 Å². The number of nitrogens with zero attached hydrogens (tertiary/aromatic N) is 1. The van der Waals surface area contributed by atoms with Crippen LogP contribution in [0.4, 0.5) is 4.39 Å². The van der Waals surface area contributed by atoms with Gasteiger partial charge >= 0.3 is 0 Å². The third-order valence-electron chi connectivity index (χ3n) is 2.45. The van der Waals surface area contributed by atoms with E-state index in [4.69, 9.17) is 4.74 Å². The lowest BCUT2D eigenvalue weighted by molar-refractivity contribution is 0.0898. The summed E-state index contributed by atoms with van der Waals surface area (Å²) >= 11 is 0. The lowest BCUT2D eigenvalue weighted by Gasteiger charge is -2.18. The number of carbonyl (C=O) groups is 1. The number of methoxy groups -OCH3 is 1. The highest BCUT2D eigenvalue weighted by Crippen LogP contribution is 2.20. The van der Waals surface area contributed by atoms with E-state index in [0.717, 1.165) is 6.07 Å². The summed E-state index contributed by atoms with van der Waals surface area (Å²) in [7, 11) is 3.15. The van der Waals surface area contributed by atoms with Gasteiger partial charge in [-0.05, 0) is 32.2 Å². The molecule has 0 spiro atoms. The van der Waals surface area contributed by atoms with Crippen LogP contribution in [0.15, 0.2) is 18.2 Å². The van der Waals surface area contributed by atoms with Crippen molar-refractivity contribution in [3.05, 3.63) is 29.6 Å². The van der Waals surface area contributed by atoms with Crippen LogP contribution in [0.5, 0.6) is 5.75 Å². The van der Waals surface area contributed by atoms with E-state index in [9.17, 15) is 14.3 Å². The van der Waals surface area contributed by atoms with Crippen molar-refractivity contribution in [3.8, 4) is 5.75 Å². The molecule has 0 saturated carbocycles. The van der Waals surface area contributed by atoms with Gasteiger partial charge in [0, 0.05) is 6.54 Å². The summed E-state index contributed by atoms with van der Waals surface area (Å²) in [5.74, 6) is -0.362. The summed E-state index contributed by atoms with van der Waals surface area (Å²) in [6, 6.07) is 3.84. The topological polar surface area (TPSA) is 49.8 Å². The maximum Gasteiger partial charge on any atom is 0.180 e. The Morgan fingerprint density at radius 2 is 2.22 bits per heavy atom. The van der Waals surface area contributed by atoms with Crippen LogP contribution in [-0.4, -0.2) is 49.1 Å². The Morgan fingerprint density at radius 3 is 2.78 bits per heavy atom. The number of Topliss-reactive ketones (excluding diaryl/α,β-unsaturated/α-hetero) is 1. The van der Waals surface area contributed by atoms with Crippen LogP contribution in [-0.2, 0) is 0 Å². The quantitative estimate of drug-likeness (QED) is 0.779. The van der Waals surface area contributed by atoms with E-state index in [1.807, 2.05) is 0 Å². The van der Waals surface area contributed by atoms with Gasteiger partial charge in [0.2, 0.25) is 0 Å². The molecule has 0 aliphatic rings. The molecule has 1 unspecified atom stereocenters. The molecule has 100 valence electrons. The highest BCUT2D eigenvalue weighted by atomic mass is 19.1. The van der Waals surface area contributed by atoms with Crippen molar-refractivity contribution in [1.29, 1.82) is 0 Å². The number of ether oxygens (including phenoxy) is 1. The standard InChI is InChI=1S/C13H18FNO3/c1-9(16)7-15(2)8-12(17)11-6-10(14)4-5-13(11)18-3/h4-6,9,16H,7-8H2,1-3H3. The maximum absolute atomic E-state index is 13.1. The van der Waals surface area contributed by atoms with E-state index in [1.165, 1.54) is 19.2 Å². The molecule has 0 bridgehead atoms. The third kappa shape index (κ3) is 4.09. The zero-order valence-corrected chi connectivity index (χ0v) is 10.8. The average Bonchev–Trinajstić information content (AvgIpc) is 2.27. The fourth-order valence-electron chi connectivity index (χ4n) is 1.74. The average molecular weight is 255 g/mol. The SMILES string of the molecule is COc1ccc(F)cc1C(=O)CN(C)CC(C)O. The van der Waals surface area contributed by atoms with Crippen LogP contribution >= 0.6 is 0 Å². The van der Waals surface area contributed by atoms with Gasteiger partial charge in [0.1, 0.15) is 11.6 Å². The van der Waals surface area contributed by atoms with Crippen LogP contribution < -0.4 is 4.74 Å². The molecule has 1 aromatic carbocycles. The molecule has 0 aromatic heterocycles. The first-order valence-electron chi connectivity index (χ1n) is 5.67. The zero-order valence-electron chi connectivity index (χ0n) is 10.8. The van der Waals surface area contributed by atoms with Gasteiger partial charge in [0.05, 0.1) is 25.3 Å². The van der Waals surface area contributed by atoms with Crippen molar-refractivity contribution < 1.29 is 19.0 Å². The van der Waals surface area contributed by atoms with Crippen molar-refractivity contribution in [2.75, 3.05) is 27.2 Å². The second-order valence-corrected chi connectivity index (χ2v) is 4.31. The van der Waals surface area contributed by atoms with Crippen LogP contribution in [0, 0.1) is 5.82 Å². The van der Waals surface area contributed by atoms with Gasteiger partial charge in [-0.1, -0.05) is 0 Å². The number of benzene rings is 1. The van der Waals surface area contributed by atoms with Crippen LogP contribution in [0.3, 0.4) is 0 Å². The summed E-state index contributed by atoms with van der Waals surface area (Å²) in [4.78, 5) is 13.7. The third-order valence-corrected chi connectivity index (χ3v) is 2.45. The minimum atomic E-state index is -0.516. The molecule has 0 aliphatic heterocycles. The number of hydrogen-bond acceptors (Lipinski definition) is 4. The Hall–Kier alpha value is -1.46. The van der Waals surface area contributed by atoms with Gasteiger partial charge in [-0.3, -0.25) is 9.69 Å². The van der Waals surface area contributed by atoms with Gasteiger partial charge in [-0.15, -0.1) is 0 Å². The monoisotopic (exact) mass is 255 g/mol. The molecule has 0 amide bonds. The van der Waals surface area contributed by atoms with Gasteiger partial charge < -0.3 is 9.84 Å². The predicted octanol–water partition coefficient (Wildman–Crippen LogP) is 1.33. The summed E-state index contributed by atoms with van der Waals surface area (Å²) < 4.78 is 18.2. The van der Waals surface area contributed by atoms with E-state index in [2.05, 4.69) is 0 Å². The predicted molar refractivity (Wildman–Crippen MR) is 66.5 cm³/mol. The number of likely N-dealkylation sites (N-methyl/N-ethyl adjacent to an activating group) is 1. The van der Waals surface area contributed by atoms with Crippen molar-refractivity contribution in [3.63, 3.8) is 0 Å². The second-order valence-electron chi connectivity index (χ2n) is 4.31. The van der Waals surface area contributed by atoms with Crippen molar-refractivity contribution in [2.24, 2.45) is 0 Å². The Balaban J connectivity index is 2.80. The fourth-order valence-corrected chi connectivity index (χ4v) is 1.74. The Labute approximate surface area is 106 Å². The van der Waals surface area contributed by atoms with E-state index in [1.54, 1.807) is 18.9 Å². The number of halogens is 1. The molecule has 5 heteroatoms. The Bertz CT molecular complexity index is 421. The van der Waals surface area contributed by atoms with E-state index in [0.29, 0.717) is 12.3 Å². The first kappa shape index (κ1) is 14.6. The molecule has 18 heavy (non-hydrogen) atoms. The van der Waals surface area contributed by atoms with E-state index in [-0.39, 0.29) is 17.9 Å². The molecule has 0 aliphatic carbocycles. The zero-order chi connectivity index (χ0) is 13.7. The molecule has 1 N–H and O–H groups in total. The number of carbonyl (C=O) groups excluding carboxylic acids is 1. The molecule has 0 saturated heterocycles. The van der Waals surface area contributed by atoms with Gasteiger partial charge in [0.15, 0.2) is 5.78 Å². The highest BCUT2D eigenvalue weighted by molar-refractivity contribution is 6.00. The van der Waals surface area contributed by atoms with E-state index < -0.39 is 11.9 Å². The molecular formula is C13H18FNO3. The molecule has 0 heterocycles. The Kier molecular flexibility index (Phi) is 5.25. The first-order chi connectivity index (χ1) is 8.43. The summed E-state index contributed by atoms with van der Waals surface area (Å²) in [5.41, 5.74) is 0.218. The highest BCUT2D eigenvalue weighted by Gasteiger charge is 2.16.